The van der Waals surface area contributed by atoms with Crippen LogP contribution in [-0.4, -0.2) is 39.7 Å². The molecule has 1 amide bonds. The number of nitrogens with zero attached hydrogens (tertiary/aromatic N) is 3. The molecule has 0 N–H and O–H groups in total. The van der Waals surface area contributed by atoms with Gasteiger partial charge in [0, 0.05) is 18.4 Å². The van der Waals surface area contributed by atoms with Crippen LogP contribution in [0.1, 0.15) is 11.1 Å². The fourth-order valence-electron chi connectivity index (χ4n) is 3.64. The molecule has 0 radical (unpaired) electrons. The lowest BCUT2D eigenvalue weighted by Crippen LogP contribution is -2.50. The van der Waals surface area contributed by atoms with Gasteiger partial charge in [0.05, 0.1) is 18.8 Å². The Morgan fingerprint density at radius 3 is 2.61 bits per heavy atom. The van der Waals surface area contributed by atoms with E-state index in [1.165, 1.54) is 22.9 Å². The Morgan fingerprint density at radius 1 is 1.11 bits per heavy atom. The lowest BCUT2D eigenvalue weighted by Gasteiger charge is -2.35. The second kappa shape index (κ2) is 7.26. The van der Waals surface area contributed by atoms with Gasteiger partial charge in [0.2, 0.25) is 11.3 Å². The predicted octanol–water partition coefficient (Wildman–Crippen LogP) is 1.52. The molecule has 7 heteroatoms. The van der Waals surface area contributed by atoms with E-state index >= 15 is 0 Å². The number of esters is 1. The van der Waals surface area contributed by atoms with Gasteiger partial charge in [-0.25, -0.2) is 4.79 Å². The minimum atomic E-state index is -0.682. The molecule has 1 aliphatic heterocycles. The molecule has 3 aromatic rings. The first kappa shape index (κ1) is 17.9. The van der Waals surface area contributed by atoms with Crippen LogP contribution >= 0.6 is 0 Å². The molecule has 0 unspecified atom stereocenters. The van der Waals surface area contributed by atoms with E-state index in [1.807, 2.05) is 24.3 Å². The lowest BCUT2D eigenvalue weighted by molar-refractivity contribution is -0.154. The highest BCUT2D eigenvalue weighted by atomic mass is 16.5. The summed E-state index contributed by atoms with van der Waals surface area (Å²) in [5.74, 6) is -0.702. The van der Waals surface area contributed by atoms with E-state index in [-0.39, 0.29) is 17.9 Å². The smallest absolute Gasteiger partial charge is 0.328 e. The van der Waals surface area contributed by atoms with Crippen LogP contribution in [0, 0.1) is 0 Å². The number of methoxy groups -OCH3 is 1. The Hall–Kier alpha value is -3.48. The third-order valence-electron chi connectivity index (χ3n) is 5.09. The molecule has 2 aromatic carbocycles. The van der Waals surface area contributed by atoms with E-state index in [1.54, 1.807) is 24.3 Å². The first-order valence-electron chi connectivity index (χ1n) is 8.97. The Kier molecular flexibility index (Phi) is 4.65. The van der Waals surface area contributed by atoms with Gasteiger partial charge in [0.1, 0.15) is 12.6 Å². The Bertz CT molecular complexity index is 1120. The molecule has 0 bridgehead atoms. The van der Waals surface area contributed by atoms with Crippen LogP contribution in [0.15, 0.2) is 59.5 Å². The number of hydrogen-bond donors (Lipinski definition) is 0. The van der Waals surface area contributed by atoms with Gasteiger partial charge in [-0.1, -0.05) is 36.4 Å². The number of carbonyl (C=O) groups is 2. The number of amides is 1. The molecular formula is C21H19N3O4. The standard InChI is InChI=1S/C21H19N3O4/c1-28-21(27)18-10-14-6-2-3-7-15(14)12-23(18)20(26)13-24-17-9-5-4-8-16(17)19(25)11-22-24/h2-9,11,18H,10,12-13H2,1H3/t18-/m1/s1. The second-order valence-electron chi connectivity index (χ2n) is 6.72. The van der Waals surface area contributed by atoms with E-state index in [9.17, 15) is 14.4 Å². The summed E-state index contributed by atoms with van der Waals surface area (Å²) in [6.45, 7) is 0.253. The number of aromatic nitrogens is 2. The van der Waals surface area contributed by atoms with Gasteiger partial charge in [-0.2, -0.15) is 5.10 Å². The van der Waals surface area contributed by atoms with E-state index in [2.05, 4.69) is 5.10 Å². The lowest BCUT2D eigenvalue weighted by atomic mass is 9.94. The summed E-state index contributed by atoms with van der Waals surface area (Å²) >= 11 is 0. The summed E-state index contributed by atoms with van der Waals surface area (Å²) in [6, 6.07) is 14.1. The van der Waals surface area contributed by atoms with E-state index in [0.717, 1.165) is 11.1 Å². The molecule has 2 heterocycles. The Balaban J connectivity index is 1.68. The second-order valence-corrected chi connectivity index (χ2v) is 6.72. The summed E-state index contributed by atoms with van der Waals surface area (Å²) < 4.78 is 6.42. The van der Waals surface area contributed by atoms with Gasteiger partial charge >= 0.3 is 5.97 Å². The Labute approximate surface area is 161 Å². The third-order valence-corrected chi connectivity index (χ3v) is 5.09. The fourth-order valence-corrected chi connectivity index (χ4v) is 3.64. The van der Waals surface area contributed by atoms with Crippen molar-refractivity contribution in [2.75, 3.05) is 7.11 Å². The molecule has 1 aliphatic rings. The SMILES string of the molecule is COC(=O)[C@H]1Cc2ccccc2CN1C(=O)Cn1ncc(=O)c2ccccc21. The maximum atomic E-state index is 13.1. The number of fused-ring (bicyclic) bond motifs is 2. The molecular weight excluding hydrogens is 358 g/mol. The first-order chi connectivity index (χ1) is 13.6. The van der Waals surface area contributed by atoms with Crippen LogP contribution in [0.3, 0.4) is 0 Å². The highest BCUT2D eigenvalue weighted by Crippen LogP contribution is 2.24. The fraction of sp³-hybridized carbons (Fsp3) is 0.238. The molecule has 142 valence electrons. The van der Waals surface area contributed by atoms with Gasteiger partial charge in [0.15, 0.2) is 0 Å². The van der Waals surface area contributed by atoms with Crippen molar-refractivity contribution in [3.63, 3.8) is 0 Å². The van der Waals surface area contributed by atoms with Crippen molar-refractivity contribution in [2.45, 2.75) is 25.6 Å². The number of rotatable bonds is 3. The van der Waals surface area contributed by atoms with Crippen molar-refractivity contribution in [3.8, 4) is 0 Å². The summed E-state index contributed by atoms with van der Waals surface area (Å²) in [7, 11) is 1.32. The third kappa shape index (κ3) is 3.15. The van der Waals surface area contributed by atoms with Crippen molar-refractivity contribution in [1.29, 1.82) is 0 Å². The molecule has 0 saturated carbocycles. The minimum absolute atomic E-state index is 0.0730. The van der Waals surface area contributed by atoms with Crippen molar-refractivity contribution >= 4 is 22.8 Å². The zero-order valence-electron chi connectivity index (χ0n) is 15.4. The number of hydrogen-bond acceptors (Lipinski definition) is 5. The maximum absolute atomic E-state index is 13.1. The first-order valence-corrected chi connectivity index (χ1v) is 8.97. The average molecular weight is 377 g/mol. The number of benzene rings is 2. The molecule has 0 aliphatic carbocycles. The number of para-hydroxylation sites is 1. The van der Waals surface area contributed by atoms with Crippen molar-refractivity contribution in [2.24, 2.45) is 0 Å². The van der Waals surface area contributed by atoms with Gasteiger partial charge in [-0.05, 0) is 23.3 Å². The quantitative estimate of drug-likeness (QED) is 0.647. The van der Waals surface area contributed by atoms with Crippen molar-refractivity contribution in [1.82, 2.24) is 14.7 Å². The zero-order valence-corrected chi connectivity index (χ0v) is 15.4. The summed E-state index contributed by atoms with van der Waals surface area (Å²) in [5.41, 5.74) is 2.43. The van der Waals surface area contributed by atoms with E-state index in [0.29, 0.717) is 23.9 Å². The van der Waals surface area contributed by atoms with Gasteiger partial charge in [-0.15, -0.1) is 0 Å². The summed E-state index contributed by atoms with van der Waals surface area (Å²) in [5, 5.41) is 4.61. The largest absolute Gasteiger partial charge is 0.467 e. The molecule has 28 heavy (non-hydrogen) atoms. The van der Waals surface area contributed by atoms with Crippen molar-refractivity contribution < 1.29 is 14.3 Å². The van der Waals surface area contributed by atoms with Crippen molar-refractivity contribution in [3.05, 3.63) is 76.1 Å². The van der Waals surface area contributed by atoms with Gasteiger partial charge in [0.25, 0.3) is 0 Å². The van der Waals surface area contributed by atoms with Gasteiger partial charge < -0.3 is 9.64 Å². The molecule has 7 nitrogen and oxygen atoms in total. The van der Waals surface area contributed by atoms with E-state index < -0.39 is 12.0 Å². The summed E-state index contributed by atoms with van der Waals surface area (Å²) in [6.07, 6.45) is 1.62. The molecule has 0 fully saturated rings. The molecule has 1 atom stereocenters. The molecule has 4 rings (SSSR count). The van der Waals surface area contributed by atoms with E-state index in [4.69, 9.17) is 4.74 Å². The zero-order chi connectivity index (χ0) is 19.7. The van der Waals surface area contributed by atoms with Gasteiger partial charge in [-0.3, -0.25) is 14.3 Å². The monoisotopic (exact) mass is 377 g/mol. The normalized spacial score (nSPS) is 15.9. The van der Waals surface area contributed by atoms with Crippen LogP contribution < -0.4 is 5.43 Å². The number of carbonyl (C=O) groups excluding carboxylic acids is 2. The maximum Gasteiger partial charge on any atom is 0.328 e. The molecule has 0 saturated heterocycles. The van der Waals surface area contributed by atoms with Crippen LogP contribution in [0.25, 0.3) is 10.9 Å². The highest BCUT2D eigenvalue weighted by molar-refractivity contribution is 5.86. The minimum Gasteiger partial charge on any atom is -0.467 e. The topological polar surface area (TPSA) is 81.5 Å². The van der Waals surface area contributed by atoms with Crippen LogP contribution in [0.2, 0.25) is 0 Å². The predicted molar refractivity (Wildman–Crippen MR) is 103 cm³/mol. The van der Waals surface area contributed by atoms with Crippen LogP contribution in [0.4, 0.5) is 0 Å². The highest BCUT2D eigenvalue weighted by Gasteiger charge is 2.35. The summed E-state index contributed by atoms with van der Waals surface area (Å²) in [4.78, 5) is 39.0. The Morgan fingerprint density at radius 2 is 1.82 bits per heavy atom. The van der Waals surface area contributed by atoms with Crippen LogP contribution in [0.5, 0.6) is 0 Å². The van der Waals surface area contributed by atoms with Crippen LogP contribution in [-0.2, 0) is 33.8 Å². The molecule has 1 aromatic heterocycles. The number of ether oxygens (including phenoxy) is 1. The molecule has 0 spiro atoms. The average Bonchev–Trinajstić information content (AvgIpc) is 2.74.